The van der Waals surface area contributed by atoms with E-state index in [9.17, 15) is 13.6 Å². The molecule has 0 aliphatic heterocycles. The molecule has 4 nitrogen and oxygen atoms in total. The number of anilines is 1. The van der Waals surface area contributed by atoms with Crippen molar-refractivity contribution in [3.05, 3.63) is 53.0 Å². The van der Waals surface area contributed by atoms with Gasteiger partial charge in [-0.05, 0) is 25.1 Å². The standard InChI is InChI=1S/C14H13F2NO3/c1-8-10(14(18)19-2)6-9(20-8)7-17-12-5-3-4-11(15)13(12)16/h3-6,17H,7H2,1-2H3. The minimum absolute atomic E-state index is 0.0265. The van der Waals surface area contributed by atoms with E-state index in [1.165, 1.54) is 25.3 Å². The summed E-state index contributed by atoms with van der Waals surface area (Å²) < 4.78 is 36.4. The van der Waals surface area contributed by atoms with Gasteiger partial charge >= 0.3 is 5.97 Å². The maximum Gasteiger partial charge on any atom is 0.341 e. The Hall–Kier alpha value is -2.37. The van der Waals surface area contributed by atoms with Crippen LogP contribution < -0.4 is 5.32 Å². The SMILES string of the molecule is COC(=O)c1cc(CNc2cccc(F)c2F)oc1C. The molecule has 106 valence electrons. The Morgan fingerprint density at radius 3 is 2.85 bits per heavy atom. The van der Waals surface area contributed by atoms with Gasteiger partial charge in [0.1, 0.15) is 17.1 Å². The average molecular weight is 281 g/mol. The molecule has 1 N–H and O–H groups in total. The van der Waals surface area contributed by atoms with Gasteiger partial charge < -0.3 is 14.5 Å². The molecule has 0 saturated heterocycles. The largest absolute Gasteiger partial charge is 0.465 e. The van der Waals surface area contributed by atoms with Crippen molar-refractivity contribution in [2.45, 2.75) is 13.5 Å². The van der Waals surface area contributed by atoms with E-state index in [0.717, 1.165) is 6.07 Å². The van der Waals surface area contributed by atoms with E-state index >= 15 is 0 Å². The lowest BCUT2D eigenvalue weighted by atomic mass is 10.2. The van der Waals surface area contributed by atoms with Crippen LogP contribution in [0.15, 0.2) is 28.7 Å². The number of methoxy groups -OCH3 is 1. The van der Waals surface area contributed by atoms with E-state index in [-0.39, 0.29) is 12.2 Å². The summed E-state index contributed by atoms with van der Waals surface area (Å²) in [5.74, 6) is -1.56. The normalized spacial score (nSPS) is 10.4. The van der Waals surface area contributed by atoms with Gasteiger partial charge in [0.15, 0.2) is 11.6 Å². The molecule has 0 unspecified atom stereocenters. The van der Waals surface area contributed by atoms with Gasteiger partial charge in [-0.2, -0.15) is 0 Å². The Kier molecular flexibility index (Phi) is 4.02. The second-order valence-corrected chi connectivity index (χ2v) is 4.13. The molecule has 2 aromatic rings. The number of nitrogens with one attached hydrogen (secondary N) is 1. The molecule has 1 heterocycles. The van der Waals surface area contributed by atoms with E-state index in [1.54, 1.807) is 6.92 Å². The van der Waals surface area contributed by atoms with Crippen LogP contribution >= 0.6 is 0 Å². The van der Waals surface area contributed by atoms with Crippen LogP contribution in [-0.2, 0) is 11.3 Å². The highest BCUT2D eigenvalue weighted by Gasteiger charge is 2.15. The smallest absolute Gasteiger partial charge is 0.341 e. The third kappa shape index (κ3) is 2.79. The van der Waals surface area contributed by atoms with Crippen LogP contribution in [0.1, 0.15) is 21.9 Å². The van der Waals surface area contributed by atoms with Crippen molar-refractivity contribution in [2.24, 2.45) is 0 Å². The molecular formula is C14H13F2NO3. The number of halogens is 2. The summed E-state index contributed by atoms with van der Waals surface area (Å²) in [4.78, 5) is 11.4. The first-order valence-corrected chi connectivity index (χ1v) is 5.88. The number of ether oxygens (including phenoxy) is 1. The van der Waals surface area contributed by atoms with Gasteiger partial charge in [0.25, 0.3) is 0 Å². The highest BCUT2D eigenvalue weighted by molar-refractivity contribution is 5.90. The third-order valence-electron chi connectivity index (χ3n) is 2.78. The molecule has 0 spiro atoms. The molecule has 2 rings (SSSR count). The quantitative estimate of drug-likeness (QED) is 0.874. The van der Waals surface area contributed by atoms with Crippen molar-refractivity contribution < 1.29 is 22.7 Å². The van der Waals surface area contributed by atoms with Crippen LogP contribution in [-0.4, -0.2) is 13.1 Å². The molecule has 0 amide bonds. The van der Waals surface area contributed by atoms with Crippen LogP contribution in [0.2, 0.25) is 0 Å². The van der Waals surface area contributed by atoms with Gasteiger partial charge in [0, 0.05) is 0 Å². The summed E-state index contributed by atoms with van der Waals surface area (Å²) in [6, 6.07) is 5.35. The van der Waals surface area contributed by atoms with Crippen LogP contribution in [0, 0.1) is 18.6 Å². The van der Waals surface area contributed by atoms with Crippen LogP contribution in [0.5, 0.6) is 0 Å². The predicted molar refractivity (Wildman–Crippen MR) is 68.5 cm³/mol. The van der Waals surface area contributed by atoms with E-state index in [1.807, 2.05) is 0 Å². The second kappa shape index (κ2) is 5.73. The molecule has 6 heteroatoms. The zero-order chi connectivity index (χ0) is 14.7. The zero-order valence-corrected chi connectivity index (χ0v) is 11.0. The van der Waals surface area contributed by atoms with Gasteiger partial charge in [-0.25, -0.2) is 13.6 Å². The molecule has 1 aromatic carbocycles. The predicted octanol–water partition coefficient (Wildman–Crippen LogP) is 3.26. The lowest BCUT2D eigenvalue weighted by Crippen LogP contribution is -2.02. The third-order valence-corrected chi connectivity index (χ3v) is 2.78. The Morgan fingerprint density at radius 1 is 1.40 bits per heavy atom. The lowest BCUT2D eigenvalue weighted by Gasteiger charge is -2.05. The molecule has 0 atom stereocenters. The summed E-state index contributed by atoms with van der Waals surface area (Å²) in [5.41, 5.74) is 0.336. The van der Waals surface area contributed by atoms with Gasteiger partial charge in [0.2, 0.25) is 0 Å². The van der Waals surface area contributed by atoms with Crippen molar-refractivity contribution in [3.8, 4) is 0 Å². The first-order valence-electron chi connectivity index (χ1n) is 5.88. The fourth-order valence-corrected chi connectivity index (χ4v) is 1.77. The highest BCUT2D eigenvalue weighted by Crippen LogP contribution is 2.20. The Labute approximate surface area is 114 Å². The van der Waals surface area contributed by atoms with Crippen LogP contribution in [0.3, 0.4) is 0 Å². The number of benzene rings is 1. The molecule has 20 heavy (non-hydrogen) atoms. The topological polar surface area (TPSA) is 51.5 Å². The Morgan fingerprint density at radius 2 is 2.15 bits per heavy atom. The Bertz CT molecular complexity index is 637. The van der Waals surface area contributed by atoms with Gasteiger partial charge in [0.05, 0.1) is 19.3 Å². The lowest BCUT2D eigenvalue weighted by molar-refractivity contribution is 0.0599. The fourth-order valence-electron chi connectivity index (χ4n) is 1.77. The van der Waals surface area contributed by atoms with Crippen molar-refractivity contribution >= 4 is 11.7 Å². The van der Waals surface area contributed by atoms with Crippen LogP contribution in [0.25, 0.3) is 0 Å². The van der Waals surface area contributed by atoms with Crippen molar-refractivity contribution in [1.82, 2.24) is 0 Å². The van der Waals surface area contributed by atoms with E-state index in [4.69, 9.17) is 4.42 Å². The minimum atomic E-state index is -0.955. The number of carbonyl (C=O) groups is 1. The first kappa shape index (κ1) is 14.0. The maximum absolute atomic E-state index is 13.4. The number of rotatable bonds is 4. The molecular weight excluding hydrogens is 268 g/mol. The molecule has 0 aliphatic rings. The summed E-state index contributed by atoms with van der Waals surface area (Å²) in [5, 5.41) is 2.71. The van der Waals surface area contributed by atoms with E-state index in [0.29, 0.717) is 17.1 Å². The van der Waals surface area contributed by atoms with Crippen molar-refractivity contribution in [3.63, 3.8) is 0 Å². The molecule has 0 radical (unpaired) electrons. The van der Waals surface area contributed by atoms with Crippen LogP contribution in [0.4, 0.5) is 14.5 Å². The number of esters is 1. The van der Waals surface area contributed by atoms with Gasteiger partial charge in [-0.3, -0.25) is 0 Å². The molecule has 0 bridgehead atoms. The number of aryl methyl sites for hydroxylation is 1. The van der Waals surface area contributed by atoms with Crippen molar-refractivity contribution in [1.29, 1.82) is 0 Å². The number of hydrogen-bond donors (Lipinski definition) is 1. The number of hydrogen-bond acceptors (Lipinski definition) is 4. The molecule has 0 saturated carbocycles. The second-order valence-electron chi connectivity index (χ2n) is 4.13. The number of furan rings is 1. The van der Waals surface area contributed by atoms with Gasteiger partial charge in [-0.15, -0.1) is 0 Å². The molecule has 1 aromatic heterocycles. The van der Waals surface area contributed by atoms with E-state index in [2.05, 4.69) is 10.1 Å². The number of carbonyl (C=O) groups excluding carboxylic acids is 1. The van der Waals surface area contributed by atoms with Crippen molar-refractivity contribution in [2.75, 3.05) is 12.4 Å². The summed E-state index contributed by atoms with van der Waals surface area (Å²) in [6.45, 7) is 1.75. The first-order chi connectivity index (χ1) is 9.52. The monoisotopic (exact) mass is 281 g/mol. The highest BCUT2D eigenvalue weighted by atomic mass is 19.2. The zero-order valence-electron chi connectivity index (χ0n) is 11.0. The van der Waals surface area contributed by atoms with E-state index < -0.39 is 17.6 Å². The summed E-state index contributed by atoms with van der Waals surface area (Å²) in [6.07, 6.45) is 0. The average Bonchev–Trinajstić information content (AvgIpc) is 2.81. The maximum atomic E-state index is 13.4. The molecule has 0 aliphatic carbocycles. The Balaban J connectivity index is 2.12. The van der Waals surface area contributed by atoms with Gasteiger partial charge in [-0.1, -0.05) is 6.07 Å². The summed E-state index contributed by atoms with van der Waals surface area (Å²) >= 11 is 0. The molecule has 0 fully saturated rings. The summed E-state index contributed by atoms with van der Waals surface area (Å²) in [7, 11) is 1.27. The fraction of sp³-hybridized carbons (Fsp3) is 0.214. The minimum Gasteiger partial charge on any atom is -0.465 e.